The molecule has 1 aliphatic heterocycles. The largest absolute Gasteiger partial charge is 0.394 e. The lowest BCUT2D eigenvalue weighted by atomic mass is 9.99. The maximum absolute atomic E-state index is 13.0. The molecule has 0 aromatic carbocycles. The summed E-state index contributed by atoms with van der Waals surface area (Å²) in [6, 6.07) is -0.798. The second-order valence-electron chi connectivity index (χ2n) is 18.0. The quantitative estimate of drug-likeness (QED) is 0.0263. The van der Waals surface area contributed by atoms with Crippen molar-refractivity contribution >= 4 is 5.91 Å². The van der Waals surface area contributed by atoms with Crippen LogP contribution in [0.3, 0.4) is 0 Å². The van der Waals surface area contributed by atoms with Gasteiger partial charge in [-0.05, 0) is 19.3 Å². The zero-order valence-corrected chi connectivity index (χ0v) is 38.5. The van der Waals surface area contributed by atoms with Crippen LogP contribution in [0.2, 0.25) is 0 Å². The van der Waals surface area contributed by atoms with Crippen LogP contribution in [-0.4, -0.2) is 87.5 Å². The average molecular weight is 840 g/mol. The lowest BCUT2D eigenvalue weighted by Crippen LogP contribution is -2.60. The van der Waals surface area contributed by atoms with Crippen molar-refractivity contribution in [1.82, 2.24) is 5.32 Å². The molecule has 0 aromatic heterocycles. The van der Waals surface area contributed by atoms with E-state index in [9.17, 15) is 30.3 Å². The van der Waals surface area contributed by atoms with E-state index < -0.39 is 49.5 Å². The van der Waals surface area contributed by atoms with Crippen molar-refractivity contribution in [2.24, 2.45) is 0 Å². The Morgan fingerprint density at radius 2 is 0.932 bits per heavy atom. The maximum Gasteiger partial charge on any atom is 0.220 e. The first kappa shape index (κ1) is 55.9. The topological polar surface area (TPSA) is 149 Å². The molecule has 1 amide bonds. The van der Waals surface area contributed by atoms with Crippen LogP contribution in [0.25, 0.3) is 0 Å². The van der Waals surface area contributed by atoms with E-state index in [1.807, 2.05) is 6.08 Å². The SMILES string of the molecule is CCCCCCCCCCCCCCC/C=C/C(O)C(COC1OC(CO)C(O)C(O)C1O)NC(=O)CCCCCCCCCCCCCCCCCCCCCCC. The van der Waals surface area contributed by atoms with Gasteiger partial charge >= 0.3 is 0 Å². The van der Waals surface area contributed by atoms with Crippen LogP contribution in [0.15, 0.2) is 12.2 Å². The Balaban J connectivity index is 2.27. The number of aliphatic hydroxyl groups is 5. The standard InChI is InChI=1S/C50H97NO8/c1-3-5-7-9-11-13-15-17-19-20-21-22-23-24-26-28-30-32-34-36-38-40-46(54)51-43(42-58-50-49(57)48(56)47(55)45(41-52)59-50)44(53)39-37-35-33-31-29-27-25-18-16-14-12-10-8-6-4-2/h37,39,43-45,47-50,52-53,55-57H,3-36,38,40-42H2,1-2H3,(H,51,54)/b39-37+. The minimum Gasteiger partial charge on any atom is -0.394 e. The van der Waals surface area contributed by atoms with Crippen LogP contribution in [-0.2, 0) is 14.3 Å². The Kier molecular flexibility index (Phi) is 38.9. The Morgan fingerprint density at radius 3 is 1.32 bits per heavy atom. The van der Waals surface area contributed by atoms with Crippen molar-refractivity contribution < 1.29 is 39.8 Å². The molecule has 1 saturated heterocycles. The van der Waals surface area contributed by atoms with Gasteiger partial charge in [-0.15, -0.1) is 0 Å². The van der Waals surface area contributed by atoms with Gasteiger partial charge < -0.3 is 40.3 Å². The highest BCUT2D eigenvalue weighted by molar-refractivity contribution is 5.76. The summed E-state index contributed by atoms with van der Waals surface area (Å²) < 4.78 is 11.2. The van der Waals surface area contributed by atoms with Gasteiger partial charge in [-0.3, -0.25) is 4.79 Å². The van der Waals surface area contributed by atoms with Crippen molar-refractivity contribution in [2.45, 2.75) is 288 Å². The van der Waals surface area contributed by atoms with Crippen LogP contribution in [0.4, 0.5) is 0 Å². The third-order valence-electron chi connectivity index (χ3n) is 12.4. The van der Waals surface area contributed by atoms with Gasteiger partial charge in [0.1, 0.15) is 24.4 Å². The molecule has 0 radical (unpaired) electrons. The fraction of sp³-hybridized carbons (Fsp3) is 0.940. The summed E-state index contributed by atoms with van der Waals surface area (Å²) in [7, 11) is 0. The highest BCUT2D eigenvalue weighted by Crippen LogP contribution is 2.23. The van der Waals surface area contributed by atoms with E-state index in [0.29, 0.717) is 6.42 Å². The van der Waals surface area contributed by atoms with Gasteiger partial charge in [-0.1, -0.05) is 231 Å². The predicted octanol–water partition coefficient (Wildman–Crippen LogP) is 11.3. The van der Waals surface area contributed by atoms with Gasteiger partial charge in [0.05, 0.1) is 25.4 Å². The highest BCUT2D eigenvalue weighted by Gasteiger charge is 2.44. The molecule has 1 rings (SSSR count). The van der Waals surface area contributed by atoms with E-state index in [2.05, 4.69) is 19.2 Å². The Hall–Kier alpha value is -1.07. The number of unbranched alkanes of at least 4 members (excludes halogenated alkanes) is 33. The zero-order chi connectivity index (χ0) is 43.0. The molecule has 350 valence electrons. The second kappa shape index (κ2) is 41.0. The molecular formula is C50H97NO8. The third-order valence-corrected chi connectivity index (χ3v) is 12.4. The summed E-state index contributed by atoms with van der Waals surface area (Å²) in [5.41, 5.74) is 0. The molecule has 0 bridgehead atoms. The van der Waals surface area contributed by atoms with E-state index >= 15 is 0 Å². The first-order chi connectivity index (χ1) is 28.8. The third kappa shape index (κ3) is 31.4. The summed E-state index contributed by atoms with van der Waals surface area (Å²) >= 11 is 0. The molecule has 9 nitrogen and oxygen atoms in total. The predicted molar refractivity (Wildman–Crippen MR) is 244 cm³/mol. The highest BCUT2D eigenvalue weighted by atomic mass is 16.7. The number of nitrogens with one attached hydrogen (secondary N) is 1. The smallest absolute Gasteiger partial charge is 0.220 e. The summed E-state index contributed by atoms with van der Waals surface area (Å²) in [6.07, 6.45) is 41.1. The Morgan fingerprint density at radius 1 is 0.559 bits per heavy atom. The molecule has 1 aliphatic rings. The van der Waals surface area contributed by atoms with Gasteiger partial charge in [0.25, 0.3) is 0 Å². The van der Waals surface area contributed by atoms with E-state index in [0.717, 1.165) is 38.5 Å². The Labute approximate surface area is 363 Å². The fourth-order valence-corrected chi connectivity index (χ4v) is 8.28. The second-order valence-corrected chi connectivity index (χ2v) is 18.0. The summed E-state index contributed by atoms with van der Waals surface area (Å²) in [5, 5.41) is 54.3. The molecule has 6 N–H and O–H groups in total. The number of ether oxygens (including phenoxy) is 2. The van der Waals surface area contributed by atoms with Crippen LogP contribution in [0.1, 0.15) is 245 Å². The van der Waals surface area contributed by atoms with E-state index in [1.165, 1.54) is 186 Å². The van der Waals surface area contributed by atoms with Gasteiger partial charge in [0.2, 0.25) is 5.91 Å². The monoisotopic (exact) mass is 840 g/mol. The lowest BCUT2D eigenvalue weighted by molar-refractivity contribution is -0.302. The fourth-order valence-electron chi connectivity index (χ4n) is 8.28. The van der Waals surface area contributed by atoms with E-state index in [1.54, 1.807) is 6.08 Å². The molecule has 1 fully saturated rings. The molecule has 7 unspecified atom stereocenters. The molecule has 1 heterocycles. The van der Waals surface area contributed by atoms with Crippen molar-refractivity contribution in [3.05, 3.63) is 12.2 Å². The molecule has 0 aromatic rings. The minimum atomic E-state index is -1.56. The van der Waals surface area contributed by atoms with Crippen LogP contribution >= 0.6 is 0 Å². The normalized spacial score (nSPS) is 20.7. The molecule has 0 saturated carbocycles. The van der Waals surface area contributed by atoms with E-state index in [4.69, 9.17) is 9.47 Å². The molecular weight excluding hydrogens is 743 g/mol. The summed E-state index contributed by atoms with van der Waals surface area (Å²) in [5.74, 6) is -0.172. The molecule has 59 heavy (non-hydrogen) atoms. The molecule has 9 heteroatoms. The average Bonchev–Trinajstić information content (AvgIpc) is 3.23. The van der Waals surface area contributed by atoms with Crippen molar-refractivity contribution in [1.29, 1.82) is 0 Å². The molecule has 0 aliphatic carbocycles. The van der Waals surface area contributed by atoms with Crippen LogP contribution in [0.5, 0.6) is 0 Å². The summed E-state index contributed by atoms with van der Waals surface area (Å²) in [4.78, 5) is 13.0. The minimum absolute atomic E-state index is 0.172. The first-order valence-electron chi connectivity index (χ1n) is 25.4. The number of hydrogen-bond acceptors (Lipinski definition) is 8. The van der Waals surface area contributed by atoms with Crippen LogP contribution < -0.4 is 5.32 Å². The molecule has 7 atom stereocenters. The van der Waals surface area contributed by atoms with Gasteiger partial charge in [0, 0.05) is 6.42 Å². The van der Waals surface area contributed by atoms with E-state index in [-0.39, 0.29) is 12.5 Å². The van der Waals surface area contributed by atoms with Gasteiger partial charge in [0.15, 0.2) is 6.29 Å². The Bertz CT molecular complexity index is 935. The number of allylic oxidation sites excluding steroid dienone is 1. The van der Waals surface area contributed by atoms with Gasteiger partial charge in [-0.25, -0.2) is 0 Å². The van der Waals surface area contributed by atoms with Crippen LogP contribution in [0, 0.1) is 0 Å². The number of aliphatic hydroxyl groups excluding tert-OH is 5. The number of rotatable bonds is 43. The number of carbonyl (C=O) groups excluding carboxylic acids is 1. The van der Waals surface area contributed by atoms with Gasteiger partial charge in [-0.2, -0.15) is 0 Å². The lowest BCUT2D eigenvalue weighted by Gasteiger charge is -2.40. The van der Waals surface area contributed by atoms with Crippen molar-refractivity contribution in [3.63, 3.8) is 0 Å². The maximum atomic E-state index is 13.0. The number of carbonyl (C=O) groups is 1. The van der Waals surface area contributed by atoms with Crippen molar-refractivity contribution in [2.75, 3.05) is 13.2 Å². The number of hydrogen-bond donors (Lipinski definition) is 6. The molecule has 0 spiro atoms. The summed E-state index contributed by atoms with van der Waals surface area (Å²) in [6.45, 7) is 3.80. The number of amides is 1. The van der Waals surface area contributed by atoms with Crippen molar-refractivity contribution in [3.8, 4) is 0 Å². The zero-order valence-electron chi connectivity index (χ0n) is 38.5. The first-order valence-corrected chi connectivity index (χ1v) is 25.4.